The van der Waals surface area contributed by atoms with Crippen molar-refractivity contribution >= 4 is 22.5 Å². The second-order valence-electron chi connectivity index (χ2n) is 4.83. The molecular weight excluding hydrogens is 266 g/mol. The Balaban J connectivity index is 1.60. The zero-order valence-electron chi connectivity index (χ0n) is 11.6. The molecule has 3 rings (SSSR count). The molecule has 3 aromatic rings. The smallest absolute Gasteiger partial charge is 0.262 e. The van der Waals surface area contributed by atoms with E-state index in [0.717, 1.165) is 22.2 Å². The quantitative estimate of drug-likeness (QED) is 0.772. The first-order chi connectivity index (χ1) is 10.2. The van der Waals surface area contributed by atoms with Gasteiger partial charge in [-0.05, 0) is 42.8 Å². The van der Waals surface area contributed by atoms with E-state index in [1.54, 1.807) is 6.20 Å². The summed E-state index contributed by atoms with van der Waals surface area (Å²) in [4.78, 5) is 11.9. The molecule has 0 saturated heterocycles. The predicted octanol–water partition coefficient (Wildman–Crippen LogP) is 2.89. The number of aromatic nitrogens is 2. The Labute approximate surface area is 121 Å². The summed E-state index contributed by atoms with van der Waals surface area (Å²) in [7, 11) is 0. The number of hydrogen-bond donors (Lipinski definition) is 2. The number of aryl methyl sites for hydroxylation is 1. The summed E-state index contributed by atoms with van der Waals surface area (Å²) in [5.41, 5.74) is 2.75. The lowest BCUT2D eigenvalue weighted by Crippen LogP contribution is -2.20. The predicted molar refractivity (Wildman–Crippen MR) is 81.4 cm³/mol. The molecule has 1 heterocycles. The highest BCUT2D eigenvalue weighted by Gasteiger charge is 2.05. The second kappa shape index (κ2) is 5.66. The van der Waals surface area contributed by atoms with Crippen LogP contribution >= 0.6 is 0 Å². The van der Waals surface area contributed by atoms with Crippen molar-refractivity contribution in [3.8, 4) is 5.75 Å². The number of amides is 1. The first kappa shape index (κ1) is 13.2. The fourth-order valence-corrected chi connectivity index (χ4v) is 2.07. The summed E-state index contributed by atoms with van der Waals surface area (Å²) in [5.74, 6) is 0.495. The average Bonchev–Trinajstić information content (AvgIpc) is 2.93. The number of carbonyl (C=O) groups excluding carboxylic acids is 1. The SMILES string of the molecule is Cc1cccc(OCC(=O)Nc2ccc3[nH]ncc3c2)c1. The Hall–Kier alpha value is -2.82. The molecule has 0 saturated carbocycles. The van der Waals surface area contributed by atoms with Crippen molar-refractivity contribution in [1.82, 2.24) is 10.2 Å². The molecule has 106 valence electrons. The Morgan fingerprint density at radius 1 is 1.29 bits per heavy atom. The maximum absolute atomic E-state index is 11.9. The van der Waals surface area contributed by atoms with Crippen LogP contribution in [0, 0.1) is 6.92 Å². The van der Waals surface area contributed by atoms with Gasteiger partial charge in [0.15, 0.2) is 6.61 Å². The number of ether oxygens (including phenoxy) is 1. The number of aromatic amines is 1. The second-order valence-corrected chi connectivity index (χ2v) is 4.83. The lowest BCUT2D eigenvalue weighted by Gasteiger charge is -2.08. The summed E-state index contributed by atoms with van der Waals surface area (Å²) in [6, 6.07) is 13.2. The summed E-state index contributed by atoms with van der Waals surface area (Å²) < 4.78 is 5.46. The molecule has 0 atom stereocenters. The third-order valence-electron chi connectivity index (χ3n) is 3.08. The van der Waals surface area contributed by atoms with Gasteiger partial charge in [-0.3, -0.25) is 9.89 Å². The number of rotatable bonds is 4. The topological polar surface area (TPSA) is 67.0 Å². The maximum Gasteiger partial charge on any atom is 0.262 e. The monoisotopic (exact) mass is 281 g/mol. The van der Waals surface area contributed by atoms with E-state index >= 15 is 0 Å². The molecule has 0 radical (unpaired) electrons. The minimum Gasteiger partial charge on any atom is -0.484 e. The molecule has 0 bridgehead atoms. The molecule has 2 aromatic carbocycles. The van der Waals surface area contributed by atoms with Gasteiger partial charge in [0.05, 0.1) is 11.7 Å². The third-order valence-corrected chi connectivity index (χ3v) is 3.08. The zero-order valence-corrected chi connectivity index (χ0v) is 11.6. The van der Waals surface area contributed by atoms with Gasteiger partial charge in [-0.15, -0.1) is 0 Å². The lowest BCUT2D eigenvalue weighted by molar-refractivity contribution is -0.118. The molecule has 1 aromatic heterocycles. The first-order valence-electron chi connectivity index (χ1n) is 6.63. The van der Waals surface area contributed by atoms with E-state index in [2.05, 4.69) is 15.5 Å². The molecular formula is C16H15N3O2. The molecule has 0 aliphatic heterocycles. The number of nitrogens with zero attached hydrogens (tertiary/aromatic N) is 1. The van der Waals surface area contributed by atoms with E-state index in [9.17, 15) is 4.79 Å². The van der Waals surface area contributed by atoms with Crippen molar-refractivity contribution in [2.24, 2.45) is 0 Å². The van der Waals surface area contributed by atoms with Gasteiger partial charge in [-0.1, -0.05) is 12.1 Å². The van der Waals surface area contributed by atoms with Gasteiger partial charge in [0.25, 0.3) is 5.91 Å². The summed E-state index contributed by atoms with van der Waals surface area (Å²) in [6.07, 6.45) is 1.72. The van der Waals surface area contributed by atoms with Crippen molar-refractivity contribution in [2.75, 3.05) is 11.9 Å². The van der Waals surface area contributed by atoms with Crippen LogP contribution in [0.4, 0.5) is 5.69 Å². The highest BCUT2D eigenvalue weighted by Crippen LogP contribution is 2.17. The molecule has 5 nitrogen and oxygen atoms in total. The Morgan fingerprint density at radius 3 is 3.05 bits per heavy atom. The molecule has 21 heavy (non-hydrogen) atoms. The summed E-state index contributed by atoms with van der Waals surface area (Å²) >= 11 is 0. The maximum atomic E-state index is 11.9. The van der Waals surface area contributed by atoms with Crippen LogP contribution in [0.15, 0.2) is 48.7 Å². The molecule has 0 fully saturated rings. The van der Waals surface area contributed by atoms with Gasteiger partial charge in [0.1, 0.15) is 5.75 Å². The third kappa shape index (κ3) is 3.20. The van der Waals surface area contributed by atoms with Crippen LogP contribution in [0.1, 0.15) is 5.56 Å². The van der Waals surface area contributed by atoms with E-state index in [-0.39, 0.29) is 12.5 Å². The fourth-order valence-electron chi connectivity index (χ4n) is 2.07. The summed E-state index contributed by atoms with van der Waals surface area (Å²) in [5, 5.41) is 10.6. The average molecular weight is 281 g/mol. The Bertz CT molecular complexity index is 780. The van der Waals surface area contributed by atoms with Crippen LogP contribution in [-0.2, 0) is 4.79 Å². The Morgan fingerprint density at radius 2 is 2.19 bits per heavy atom. The normalized spacial score (nSPS) is 10.5. The van der Waals surface area contributed by atoms with E-state index in [1.807, 2.05) is 49.4 Å². The van der Waals surface area contributed by atoms with Crippen LogP contribution in [0.3, 0.4) is 0 Å². The van der Waals surface area contributed by atoms with E-state index < -0.39 is 0 Å². The molecule has 1 amide bonds. The zero-order chi connectivity index (χ0) is 14.7. The van der Waals surface area contributed by atoms with Crippen molar-refractivity contribution in [3.05, 3.63) is 54.2 Å². The first-order valence-corrected chi connectivity index (χ1v) is 6.63. The van der Waals surface area contributed by atoms with Crippen LogP contribution in [0.25, 0.3) is 10.9 Å². The largest absolute Gasteiger partial charge is 0.484 e. The molecule has 5 heteroatoms. The number of nitrogens with one attached hydrogen (secondary N) is 2. The number of fused-ring (bicyclic) bond motifs is 1. The van der Waals surface area contributed by atoms with Crippen molar-refractivity contribution < 1.29 is 9.53 Å². The van der Waals surface area contributed by atoms with Gasteiger partial charge in [0.2, 0.25) is 0 Å². The minimum absolute atomic E-state index is 0.0210. The molecule has 2 N–H and O–H groups in total. The minimum atomic E-state index is -0.195. The van der Waals surface area contributed by atoms with Crippen molar-refractivity contribution in [2.45, 2.75) is 6.92 Å². The van der Waals surface area contributed by atoms with Gasteiger partial charge in [-0.25, -0.2) is 0 Å². The van der Waals surface area contributed by atoms with Crippen molar-refractivity contribution in [3.63, 3.8) is 0 Å². The molecule has 0 aliphatic carbocycles. The van der Waals surface area contributed by atoms with Crippen LogP contribution in [0.5, 0.6) is 5.75 Å². The van der Waals surface area contributed by atoms with Gasteiger partial charge >= 0.3 is 0 Å². The lowest BCUT2D eigenvalue weighted by atomic mass is 10.2. The number of H-pyrrole nitrogens is 1. The van der Waals surface area contributed by atoms with Gasteiger partial charge < -0.3 is 10.1 Å². The van der Waals surface area contributed by atoms with Crippen LogP contribution in [-0.4, -0.2) is 22.7 Å². The van der Waals surface area contributed by atoms with Gasteiger partial charge in [0, 0.05) is 11.1 Å². The van der Waals surface area contributed by atoms with Crippen LogP contribution < -0.4 is 10.1 Å². The number of benzene rings is 2. The Kier molecular flexibility index (Phi) is 3.55. The van der Waals surface area contributed by atoms with E-state index in [0.29, 0.717) is 5.75 Å². The number of carbonyl (C=O) groups is 1. The molecule has 0 spiro atoms. The highest BCUT2D eigenvalue weighted by atomic mass is 16.5. The number of anilines is 1. The van der Waals surface area contributed by atoms with Gasteiger partial charge in [-0.2, -0.15) is 5.10 Å². The molecule has 0 unspecified atom stereocenters. The van der Waals surface area contributed by atoms with Crippen molar-refractivity contribution in [1.29, 1.82) is 0 Å². The summed E-state index contributed by atoms with van der Waals surface area (Å²) in [6.45, 7) is 1.96. The fraction of sp³-hybridized carbons (Fsp3) is 0.125. The van der Waals surface area contributed by atoms with E-state index in [4.69, 9.17) is 4.74 Å². The van der Waals surface area contributed by atoms with E-state index in [1.165, 1.54) is 0 Å². The highest BCUT2D eigenvalue weighted by molar-refractivity contribution is 5.94. The molecule has 0 aliphatic rings. The standard InChI is InChI=1S/C16H15N3O2/c1-11-3-2-4-14(7-11)21-10-16(20)18-13-5-6-15-12(8-13)9-17-19-15/h2-9H,10H2,1H3,(H,17,19)(H,18,20). The number of hydrogen-bond acceptors (Lipinski definition) is 3. The van der Waals surface area contributed by atoms with Crippen LogP contribution in [0.2, 0.25) is 0 Å².